The van der Waals surface area contributed by atoms with E-state index >= 15 is 0 Å². The smallest absolute Gasteiger partial charge is 0.370 e. The number of anilines is 2. The van der Waals surface area contributed by atoms with Gasteiger partial charge in [-0.05, 0) is 6.42 Å². The van der Waals surface area contributed by atoms with Gasteiger partial charge in [0.15, 0.2) is 0 Å². The molecule has 0 aromatic carbocycles. The van der Waals surface area contributed by atoms with Crippen molar-refractivity contribution in [3.05, 3.63) is 28.5 Å². The predicted molar refractivity (Wildman–Crippen MR) is 75.3 cm³/mol. The van der Waals surface area contributed by atoms with E-state index in [1.807, 2.05) is 6.92 Å². The van der Waals surface area contributed by atoms with Crippen LogP contribution in [0, 0.1) is 0 Å². The number of halogens is 3. The van der Waals surface area contributed by atoms with E-state index in [4.69, 9.17) is 0 Å². The molecule has 0 fully saturated rings. The molecule has 0 spiro atoms. The van der Waals surface area contributed by atoms with Gasteiger partial charge in [0.05, 0.1) is 6.54 Å². The van der Waals surface area contributed by atoms with Gasteiger partial charge in [0, 0.05) is 24.2 Å². The molecule has 2 rings (SSSR count). The van der Waals surface area contributed by atoms with Gasteiger partial charge in [-0.1, -0.05) is 6.92 Å². The molecule has 0 aliphatic heterocycles. The van der Waals surface area contributed by atoms with Gasteiger partial charge in [-0.3, -0.25) is 0 Å². The third-order valence-electron chi connectivity index (χ3n) is 2.44. The highest BCUT2D eigenvalue weighted by Crippen LogP contribution is 2.28. The fourth-order valence-electron chi connectivity index (χ4n) is 1.51. The first-order valence-corrected chi connectivity index (χ1v) is 7.19. The van der Waals surface area contributed by atoms with Crippen molar-refractivity contribution in [2.45, 2.75) is 26.1 Å². The van der Waals surface area contributed by atoms with Crippen LogP contribution in [-0.2, 0) is 12.7 Å². The molecule has 0 saturated heterocycles. The van der Waals surface area contributed by atoms with E-state index in [0.717, 1.165) is 11.4 Å². The van der Waals surface area contributed by atoms with E-state index in [9.17, 15) is 13.2 Å². The lowest BCUT2D eigenvalue weighted by Gasteiger charge is -2.12. The van der Waals surface area contributed by atoms with Crippen molar-refractivity contribution in [1.82, 2.24) is 15.0 Å². The van der Waals surface area contributed by atoms with Crippen molar-refractivity contribution in [2.24, 2.45) is 0 Å². The summed E-state index contributed by atoms with van der Waals surface area (Å²) in [5.74, 6) is -0.891. The molecule has 114 valence electrons. The van der Waals surface area contributed by atoms with Crippen molar-refractivity contribution in [3.63, 3.8) is 0 Å². The maximum Gasteiger partial charge on any atom is 0.451 e. The topological polar surface area (TPSA) is 62.7 Å². The SMILES string of the molecule is CCCNc1cc(NCc2nccs2)nc(C(F)(F)F)n1. The second-order valence-corrected chi connectivity index (χ2v) is 5.15. The summed E-state index contributed by atoms with van der Waals surface area (Å²) in [7, 11) is 0. The molecule has 0 aliphatic carbocycles. The summed E-state index contributed by atoms with van der Waals surface area (Å²) < 4.78 is 38.4. The zero-order chi connectivity index (χ0) is 15.3. The van der Waals surface area contributed by atoms with Crippen LogP contribution < -0.4 is 10.6 Å². The van der Waals surface area contributed by atoms with Crippen molar-refractivity contribution < 1.29 is 13.2 Å². The minimum atomic E-state index is -4.58. The van der Waals surface area contributed by atoms with Crippen LogP contribution >= 0.6 is 11.3 Å². The van der Waals surface area contributed by atoms with Crippen LogP contribution in [0.5, 0.6) is 0 Å². The van der Waals surface area contributed by atoms with E-state index in [0.29, 0.717) is 13.1 Å². The Kier molecular flexibility index (Phi) is 4.94. The fraction of sp³-hybridized carbons (Fsp3) is 0.417. The molecule has 0 aliphatic rings. The summed E-state index contributed by atoms with van der Waals surface area (Å²) in [4.78, 5) is 11.0. The molecule has 0 bridgehead atoms. The molecule has 2 N–H and O–H groups in total. The molecule has 5 nitrogen and oxygen atoms in total. The number of rotatable bonds is 6. The molecule has 2 heterocycles. The molecule has 0 atom stereocenters. The van der Waals surface area contributed by atoms with Crippen LogP contribution in [0.25, 0.3) is 0 Å². The summed E-state index contributed by atoms with van der Waals surface area (Å²) in [5, 5.41) is 8.24. The number of alkyl halides is 3. The minimum absolute atomic E-state index is 0.117. The third-order valence-corrected chi connectivity index (χ3v) is 3.22. The van der Waals surface area contributed by atoms with Crippen LogP contribution in [0.15, 0.2) is 17.6 Å². The number of nitrogens with zero attached hydrogens (tertiary/aromatic N) is 3. The highest BCUT2D eigenvalue weighted by Gasteiger charge is 2.35. The van der Waals surface area contributed by atoms with Crippen LogP contribution in [-0.4, -0.2) is 21.5 Å². The largest absolute Gasteiger partial charge is 0.451 e. The summed E-state index contributed by atoms with van der Waals surface area (Å²) in [5.41, 5.74) is 0. The van der Waals surface area contributed by atoms with Gasteiger partial charge >= 0.3 is 6.18 Å². The van der Waals surface area contributed by atoms with E-state index in [2.05, 4.69) is 25.6 Å². The Morgan fingerprint density at radius 1 is 1.19 bits per heavy atom. The van der Waals surface area contributed by atoms with Gasteiger partial charge in [-0.2, -0.15) is 13.2 Å². The van der Waals surface area contributed by atoms with E-state index in [1.165, 1.54) is 17.4 Å². The van der Waals surface area contributed by atoms with Crippen LogP contribution in [0.4, 0.5) is 24.8 Å². The lowest BCUT2D eigenvalue weighted by molar-refractivity contribution is -0.144. The van der Waals surface area contributed by atoms with Gasteiger partial charge in [0.1, 0.15) is 16.6 Å². The maximum absolute atomic E-state index is 12.8. The first-order chi connectivity index (χ1) is 9.99. The highest BCUT2D eigenvalue weighted by molar-refractivity contribution is 7.09. The highest BCUT2D eigenvalue weighted by atomic mass is 32.1. The Morgan fingerprint density at radius 2 is 1.90 bits per heavy atom. The van der Waals surface area contributed by atoms with Gasteiger partial charge in [-0.25, -0.2) is 15.0 Å². The Labute approximate surface area is 123 Å². The monoisotopic (exact) mass is 317 g/mol. The second-order valence-electron chi connectivity index (χ2n) is 4.17. The number of aromatic nitrogens is 3. The lowest BCUT2D eigenvalue weighted by Crippen LogP contribution is -2.15. The standard InChI is InChI=1S/C12H14F3N5S/c1-2-3-16-8-6-9(18-7-10-17-4-5-21-10)20-11(19-8)12(13,14)15/h4-6H,2-3,7H2,1H3,(H2,16,18,19,20). The molecule has 9 heteroatoms. The average molecular weight is 317 g/mol. The normalized spacial score (nSPS) is 11.4. The molecule has 0 radical (unpaired) electrons. The van der Waals surface area contributed by atoms with E-state index in [1.54, 1.807) is 11.6 Å². The number of hydrogen-bond donors (Lipinski definition) is 2. The number of nitrogens with one attached hydrogen (secondary N) is 2. The summed E-state index contributed by atoms with van der Waals surface area (Å²) >= 11 is 1.42. The Bertz CT molecular complexity index is 571. The average Bonchev–Trinajstić information content (AvgIpc) is 2.95. The van der Waals surface area contributed by atoms with Gasteiger partial charge in [0.2, 0.25) is 5.82 Å². The molecule has 0 amide bonds. The van der Waals surface area contributed by atoms with Crippen LogP contribution in [0.2, 0.25) is 0 Å². The molecule has 0 saturated carbocycles. The Balaban J connectivity index is 2.17. The molecule has 21 heavy (non-hydrogen) atoms. The van der Waals surface area contributed by atoms with E-state index in [-0.39, 0.29) is 11.6 Å². The van der Waals surface area contributed by atoms with E-state index < -0.39 is 12.0 Å². The first-order valence-electron chi connectivity index (χ1n) is 6.31. The van der Waals surface area contributed by atoms with Crippen LogP contribution in [0.1, 0.15) is 24.2 Å². The minimum Gasteiger partial charge on any atom is -0.370 e. The summed E-state index contributed by atoms with van der Waals surface area (Å²) in [6, 6.07) is 1.46. The number of thiazole rings is 1. The maximum atomic E-state index is 12.8. The third kappa shape index (κ3) is 4.55. The lowest BCUT2D eigenvalue weighted by atomic mass is 10.4. The van der Waals surface area contributed by atoms with Crippen molar-refractivity contribution in [3.8, 4) is 0 Å². The molecular formula is C12H14F3N5S. The van der Waals surface area contributed by atoms with Crippen molar-refractivity contribution in [2.75, 3.05) is 17.2 Å². The predicted octanol–water partition coefficient (Wildman–Crippen LogP) is 3.39. The van der Waals surface area contributed by atoms with Gasteiger partial charge in [0.25, 0.3) is 0 Å². The molecule has 2 aromatic rings. The Morgan fingerprint density at radius 3 is 2.48 bits per heavy atom. The molecule has 0 unspecified atom stereocenters. The van der Waals surface area contributed by atoms with Gasteiger partial charge in [-0.15, -0.1) is 11.3 Å². The van der Waals surface area contributed by atoms with Crippen molar-refractivity contribution >= 4 is 23.0 Å². The molecular weight excluding hydrogens is 303 g/mol. The van der Waals surface area contributed by atoms with Gasteiger partial charge < -0.3 is 10.6 Å². The van der Waals surface area contributed by atoms with Crippen molar-refractivity contribution in [1.29, 1.82) is 0 Å². The van der Waals surface area contributed by atoms with Crippen LogP contribution in [0.3, 0.4) is 0 Å². The summed E-state index contributed by atoms with van der Waals surface area (Å²) in [6.45, 7) is 2.78. The zero-order valence-corrected chi connectivity index (χ0v) is 12.1. The summed E-state index contributed by atoms with van der Waals surface area (Å²) in [6.07, 6.45) is -2.16. The number of hydrogen-bond acceptors (Lipinski definition) is 6. The molecule has 2 aromatic heterocycles. The quantitative estimate of drug-likeness (QED) is 0.855. The fourth-order valence-corrected chi connectivity index (χ4v) is 2.07. The first kappa shape index (κ1) is 15.5. The Hall–Kier alpha value is -1.90. The second kappa shape index (κ2) is 6.70. The zero-order valence-electron chi connectivity index (χ0n) is 11.2.